The molecular formula is C20H22O2. The maximum atomic E-state index is 13.3. The lowest BCUT2D eigenvalue weighted by Crippen LogP contribution is -2.59. The zero-order chi connectivity index (χ0) is 15.7. The predicted molar refractivity (Wildman–Crippen MR) is 85.8 cm³/mol. The molecule has 0 spiro atoms. The molecule has 2 bridgehead atoms. The number of benzene rings is 1. The number of carbonyl (C=O) groups is 2. The van der Waals surface area contributed by atoms with Crippen molar-refractivity contribution in [1.82, 2.24) is 0 Å². The van der Waals surface area contributed by atoms with E-state index in [0.29, 0.717) is 17.0 Å². The molecule has 1 saturated carbocycles. The van der Waals surface area contributed by atoms with Crippen molar-refractivity contribution in [3.63, 3.8) is 0 Å². The lowest BCUT2D eigenvalue weighted by molar-refractivity contribution is -0.0209. The highest BCUT2D eigenvalue weighted by molar-refractivity contribution is 6.17. The third-order valence-electron chi connectivity index (χ3n) is 6.59. The number of ketones is 2. The van der Waals surface area contributed by atoms with E-state index in [1.165, 1.54) is 0 Å². The minimum absolute atomic E-state index is 0.150. The molecule has 4 aliphatic carbocycles. The molecule has 0 aromatic heterocycles. The van der Waals surface area contributed by atoms with E-state index in [1.807, 2.05) is 24.3 Å². The first-order valence-corrected chi connectivity index (χ1v) is 8.28. The van der Waals surface area contributed by atoms with Crippen LogP contribution in [0.2, 0.25) is 0 Å². The van der Waals surface area contributed by atoms with Gasteiger partial charge in [0.2, 0.25) is 0 Å². The summed E-state index contributed by atoms with van der Waals surface area (Å²) < 4.78 is 0. The minimum Gasteiger partial charge on any atom is -0.294 e. The summed E-state index contributed by atoms with van der Waals surface area (Å²) in [4.78, 5) is 26.4. The van der Waals surface area contributed by atoms with Gasteiger partial charge in [-0.3, -0.25) is 9.59 Å². The molecule has 0 saturated heterocycles. The Morgan fingerprint density at radius 1 is 0.955 bits per heavy atom. The van der Waals surface area contributed by atoms with Gasteiger partial charge < -0.3 is 0 Å². The number of fused-ring (bicyclic) bond motifs is 2. The zero-order valence-corrected chi connectivity index (χ0v) is 13.4. The highest BCUT2D eigenvalue weighted by atomic mass is 16.1. The fourth-order valence-corrected chi connectivity index (χ4v) is 5.14. The number of carbonyl (C=O) groups excluding carboxylic acids is 2. The average molecular weight is 294 g/mol. The van der Waals surface area contributed by atoms with Gasteiger partial charge in [-0.1, -0.05) is 57.2 Å². The molecule has 1 aromatic carbocycles. The number of Topliss-reactive ketones (excluding diaryl/α,β-unsaturated/α-hetero) is 2. The average Bonchev–Trinajstić information content (AvgIpc) is 2.52. The first-order valence-electron chi connectivity index (χ1n) is 8.28. The summed E-state index contributed by atoms with van der Waals surface area (Å²) in [6.07, 6.45) is 6.52. The number of allylic oxidation sites excluding steroid dienone is 2. The lowest BCUT2D eigenvalue weighted by atomic mass is 9.42. The molecule has 0 heterocycles. The van der Waals surface area contributed by atoms with Crippen LogP contribution < -0.4 is 0 Å². The molecule has 5 rings (SSSR count). The Morgan fingerprint density at radius 2 is 1.55 bits per heavy atom. The Hall–Kier alpha value is -1.70. The van der Waals surface area contributed by atoms with E-state index in [4.69, 9.17) is 0 Å². The van der Waals surface area contributed by atoms with Crippen LogP contribution in [-0.2, 0) is 0 Å². The van der Waals surface area contributed by atoms with Crippen molar-refractivity contribution in [1.29, 1.82) is 0 Å². The summed E-state index contributed by atoms with van der Waals surface area (Å²) in [6, 6.07) is 7.38. The molecule has 22 heavy (non-hydrogen) atoms. The second-order valence-corrected chi connectivity index (χ2v) is 7.84. The maximum absolute atomic E-state index is 13.3. The van der Waals surface area contributed by atoms with Crippen LogP contribution in [0.25, 0.3) is 0 Å². The third kappa shape index (κ3) is 1.46. The fourth-order valence-electron chi connectivity index (χ4n) is 5.14. The van der Waals surface area contributed by atoms with Gasteiger partial charge in [-0.2, -0.15) is 0 Å². The van der Waals surface area contributed by atoms with Crippen LogP contribution >= 0.6 is 0 Å². The molecule has 0 N–H and O–H groups in total. The minimum atomic E-state index is -0.184. The van der Waals surface area contributed by atoms with Crippen molar-refractivity contribution in [2.24, 2.45) is 28.6 Å². The van der Waals surface area contributed by atoms with Crippen molar-refractivity contribution in [3.05, 3.63) is 47.5 Å². The highest BCUT2D eigenvalue weighted by Gasteiger charge is 2.63. The Bertz CT molecular complexity index is 714. The quantitative estimate of drug-likeness (QED) is 0.723. The van der Waals surface area contributed by atoms with E-state index in [1.54, 1.807) is 0 Å². The monoisotopic (exact) mass is 294 g/mol. The third-order valence-corrected chi connectivity index (χ3v) is 6.59. The van der Waals surface area contributed by atoms with Gasteiger partial charge in [0.15, 0.2) is 11.6 Å². The van der Waals surface area contributed by atoms with Gasteiger partial charge in [-0.05, 0) is 24.2 Å². The van der Waals surface area contributed by atoms with Crippen molar-refractivity contribution >= 4 is 11.6 Å². The van der Waals surface area contributed by atoms with Gasteiger partial charge in [0, 0.05) is 28.4 Å². The van der Waals surface area contributed by atoms with Gasteiger partial charge >= 0.3 is 0 Å². The van der Waals surface area contributed by atoms with Gasteiger partial charge in [0.1, 0.15) is 0 Å². The van der Waals surface area contributed by atoms with E-state index < -0.39 is 0 Å². The fraction of sp³-hybridized carbons (Fsp3) is 0.500. The van der Waals surface area contributed by atoms with Crippen LogP contribution in [0.1, 0.15) is 54.3 Å². The Labute approximate surface area is 131 Å². The van der Waals surface area contributed by atoms with Crippen molar-refractivity contribution < 1.29 is 9.59 Å². The van der Waals surface area contributed by atoms with Crippen LogP contribution in [0.15, 0.2) is 36.4 Å². The van der Waals surface area contributed by atoms with Gasteiger partial charge in [0.05, 0.1) is 0 Å². The molecule has 4 aliphatic rings. The second kappa shape index (κ2) is 4.18. The van der Waals surface area contributed by atoms with E-state index >= 15 is 0 Å². The number of hydrogen-bond donors (Lipinski definition) is 0. The standard InChI is InChI=1S/C20H22O2/c1-12(2)20-10-8-19(3,9-11-20)15-16(20)18(22)14-7-5-4-6-13(14)17(15)21/h4-8,10,12,15-16H,9,11H2,1-3H3. The van der Waals surface area contributed by atoms with Crippen LogP contribution in [0.3, 0.4) is 0 Å². The zero-order valence-electron chi connectivity index (χ0n) is 13.4. The summed E-state index contributed by atoms with van der Waals surface area (Å²) in [7, 11) is 0. The van der Waals surface area contributed by atoms with Crippen molar-refractivity contribution in [3.8, 4) is 0 Å². The molecule has 1 fully saturated rings. The first kappa shape index (κ1) is 13.9. The largest absolute Gasteiger partial charge is 0.294 e. The molecule has 4 unspecified atom stereocenters. The SMILES string of the molecule is CC(C)C12C=CC(C)(CC1)C1C(=O)c3ccccc3C(=O)C12. The van der Waals surface area contributed by atoms with Crippen LogP contribution in [-0.4, -0.2) is 11.6 Å². The predicted octanol–water partition coefficient (Wildman–Crippen LogP) is 4.31. The molecule has 0 amide bonds. The second-order valence-electron chi connectivity index (χ2n) is 7.84. The lowest BCUT2D eigenvalue weighted by Gasteiger charge is -2.59. The molecule has 114 valence electrons. The summed E-state index contributed by atoms with van der Waals surface area (Å²) in [5.41, 5.74) is 0.956. The molecule has 2 nitrogen and oxygen atoms in total. The summed E-state index contributed by atoms with van der Waals surface area (Å²) in [5.74, 6) is 0.360. The number of rotatable bonds is 1. The van der Waals surface area contributed by atoms with Crippen LogP contribution in [0.4, 0.5) is 0 Å². The van der Waals surface area contributed by atoms with Crippen LogP contribution in [0.5, 0.6) is 0 Å². The van der Waals surface area contributed by atoms with E-state index in [0.717, 1.165) is 12.8 Å². The van der Waals surface area contributed by atoms with Gasteiger partial charge in [-0.15, -0.1) is 0 Å². The molecule has 1 aromatic rings. The van der Waals surface area contributed by atoms with E-state index in [-0.39, 0.29) is 34.2 Å². The molecule has 0 aliphatic heterocycles. The summed E-state index contributed by atoms with van der Waals surface area (Å²) in [6.45, 7) is 6.53. The molecular weight excluding hydrogens is 272 g/mol. The molecule has 4 atom stereocenters. The Morgan fingerprint density at radius 3 is 2.05 bits per heavy atom. The van der Waals surface area contributed by atoms with Crippen LogP contribution in [0, 0.1) is 28.6 Å². The van der Waals surface area contributed by atoms with E-state index in [9.17, 15) is 9.59 Å². The van der Waals surface area contributed by atoms with Gasteiger partial charge in [-0.25, -0.2) is 0 Å². The van der Waals surface area contributed by atoms with Crippen molar-refractivity contribution in [2.45, 2.75) is 33.6 Å². The summed E-state index contributed by atoms with van der Waals surface area (Å²) >= 11 is 0. The summed E-state index contributed by atoms with van der Waals surface area (Å²) in [5, 5.41) is 0. The van der Waals surface area contributed by atoms with Crippen molar-refractivity contribution in [2.75, 3.05) is 0 Å². The molecule has 0 radical (unpaired) electrons. The van der Waals surface area contributed by atoms with E-state index in [2.05, 4.69) is 32.9 Å². The molecule has 2 heteroatoms. The maximum Gasteiger partial charge on any atom is 0.168 e. The number of hydrogen-bond acceptors (Lipinski definition) is 2. The topological polar surface area (TPSA) is 34.1 Å². The first-order chi connectivity index (χ1) is 10.4. The Balaban J connectivity index is 1.99. The smallest absolute Gasteiger partial charge is 0.168 e. The normalized spacial score (nSPS) is 39.1. The highest BCUT2D eigenvalue weighted by Crippen LogP contribution is 2.64. The van der Waals surface area contributed by atoms with Gasteiger partial charge in [0.25, 0.3) is 0 Å². The Kier molecular flexibility index (Phi) is 2.65.